The summed E-state index contributed by atoms with van der Waals surface area (Å²) in [4.78, 5) is 19.6. The van der Waals surface area contributed by atoms with Gasteiger partial charge in [-0.25, -0.2) is 4.99 Å². The molecule has 1 aliphatic rings. The summed E-state index contributed by atoms with van der Waals surface area (Å²) in [5.41, 5.74) is 1.70. The number of carbonyl (C=O) groups is 1. The Morgan fingerprint density at radius 3 is 2.46 bits per heavy atom. The molecule has 0 aliphatic carbocycles. The highest BCUT2D eigenvalue weighted by atomic mass is 32.2. The number of benzene rings is 2. The van der Waals surface area contributed by atoms with E-state index in [1.807, 2.05) is 61.5 Å². The third-order valence-electron chi connectivity index (χ3n) is 3.89. The predicted molar refractivity (Wildman–Crippen MR) is 106 cm³/mol. The second-order valence-corrected chi connectivity index (χ2v) is 6.51. The molecule has 1 fully saturated rings. The molecule has 0 aromatic heterocycles. The van der Waals surface area contributed by atoms with Crippen molar-refractivity contribution in [2.75, 3.05) is 20.8 Å². The molecule has 5 nitrogen and oxygen atoms in total. The van der Waals surface area contributed by atoms with Crippen LogP contribution in [0.2, 0.25) is 0 Å². The lowest BCUT2D eigenvalue weighted by atomic mass is 10.2. The predicted octanol–water partition coefficient (Wildman–Crippen LogP) is 4.33. The summed E-state index contributed by atoms with van der Waals surface area (Å²) in [5, 5.41) is 0.690. The lowest BCUT2D eigenvalue weighted by Gasteiger charge is -2.11. The van der Waals surface area contributed by atoms with E-state index in [1.54, 1.807) is 19.1 Å². The number of para-hydroxylation sites is 1. The number of hydrogen-bond acceptors (Lipinski definition) is 5. The summed E-state index contributed by atoms with van der Waals surface area (Å²) >= 11 is 1.38. The molecule has 0 N–H and O–H groups in total. The van der Waals surface area contributed by atoms with Crippen molar-refractivity contribution in [1.29, 1.82) is 0 Å². The fourth-order valence-electron chi connectivity index (χ4n) is 2.58. The molecule has 1 aliphatic heterocycles. The van der Waals surface area contributed by atoms with Crippen molar-refractivity contribution in [2.45, 2.75) is 6.92 Å². The summed E-state index contributed by atoms with van der Waals surface area (Å²) in [5.74, 6) is 1.24. The zero-order valence-corrected chi connectivity index (χ0v) is 15.7. The van der Waals surface area contributed by atoms with Crippen LogP contribution in [0.5, 0.6) is 11.5 Å². The third-order valence-corrected chi connectivity index (χ3v) is 4.90. The van der Waals surface area contributed by atoms with E-state index < -0.39 is 0 Å². The first-order chi connectivity index (χ1) is 12.7. The number of thioether (sulfide) groups is 1. The van der Waals surface area contributed by atoms with E-state index in [-0.39, 0.29) is 5.91 Å². The number of aliphatic imine (C=N–C) groups is 1. The van der Waals surface area contributed by atoms with Gasteiger partial charge in [0.05, 0.1) is 24.8 Å². The summed E-state index contributed by atoms with van der Waals surface area (Å²) < 4.78 is 10.6. The number of amides is 1. The Balaban J connectivity index is 1.92. The minimum absolute atomic E-state index is 0.0398. The maximum atomic E-state index is 12.7. The van der Waals surface area contributed by atoms with Gasteiger partial charge in [-0.15, -0.1) is 0 Å². The Kier molecular flexibility index (Phi) is 5.63. The molecule has 6 heteroatoms. The Morgan fingerprint density at radius 1 is 1.08 bits per heavy atom. The van der Waals surface area contributed by atoms with E-state index in [4.69, 9.17) is 9.47 Å². The van der Waals surface area contributed by atoms with Gasteiger partial charge in [-0.3, -0.25) is 9.69 Å². The molecule has 1 amide bonds. The molecule has 1 heterocycles. The molecule has 0 radical (unpaired) electrons. The van der Waals surface area contributed by atoms with Crippen LogP contribution in [0.25, 0.3) is 6.08 Å². The summed E-state index contributed by atoms with van der Waals surface area (Å²) in [7, 11) is 3.19. The fraction of sp³-hybridized carbons (Fsp3) is 0.200. The smallest absolute Gasteiger partial charge is 0.266 e. The molecule has 0 spiro atoms. The van der Waals surface area contributed by atoms with Gasteiger partial charge < -0.3 is 9.47 Å². The largest absolute Gasteiger partial charge is 0.493 e. The zero-order valence-electron chi connectivity index (χ0n) is 14.9. The Bertz CT molecular complexity index is 863. The normalized spacial score (nSPS) is 17.2. The minimum atomic E-state index is -0.0398. The highest BCUT2D eigenvalue weighted by Crippen LogP contribution is 2.35. The molecule has 0 bridgehead atoms. The topological polar surface area (TPSA) is 51.1 Å². The van der Waals surface area contributed by atoms with Gasteiger partial charge in [-0.05, 0) is 54.6 Å². The van der Waals surface area contributed by atoms with E-state index in [9.17, 15) is 4.79 Å². The molecule has 134 valence electrons. The first-order valence-electron chi connectivity index (χ1n) is 8.23. The van der Waals surface area contributed by atoms with Crippen LogP contribution in [0.4, 0.5) is 5.69 Å². The Morgan fingerprint density at radius 2 is 1.81 bits per heavy atom. The summed E-state index contributed by atoms with van der Waals surface area (Å²) in [6, 6.07) is 15.2. The van der Waals surface area contributed by atoms with Gasteiger partial charge in [0.2, 0.25) is 0 Å². The molecule has 2 aromatic rings. The first kappa shape index (κ1) is 18.1. The number of likely N-dealkylation sites (N-methyl/N-ethyl adjacent to an activating group) is 1. The van der Waals surface area contributed by atoms with Crippen LogP contribution in [-0.2, 0) is 4.79 Å². The number of nitrogens with zero attached hydrogens (tertiary/aromatic N) is 2. The van der Waals surface area contributed by atoms with Crippen molar-refractivity contribution in [3.05, 3.63) is 59.0 Å². The second-order valence-electron chi connectivity index (χ2n) is 5.50. The second kappa shape index (κ2) is 8.10. The standard InChI is InChI=1S/C20H20N2O3S/c1-4-22-19(23)18(26-20(22)21-15-8-6-5-7-9-15)13-14-10-11-16(24-2)17(12-14)25-3/h5-13H,4H2,1-3H3. The number of methoxy groups -OCH3 is 2. The van der Waals surface area contributed by atoms with Crippen molar-refractivity contribution in [3.8, 4) is 11.5 Å². The van der Waals surface area contributed by atoms with Crippen LogP contribution in [0.1, 0.15) is 12.5 Å². The maximum absolute atomic E-state index is 12.7. The number of amidine groups is 1. The van der Waals surface area contributed by atoms with Crippen molar-refractivity contribution in [1.82, 2.24) is 4.90 Å². The first-order valence-corrected chi connectivity index (χ1v) is 9.05. The summed E-state index contributed by atoms with van der Waals surface area (Å²) in [6.07, 6.45) is 1.85. The van der Waals surface area contributed by atoms with Gasteiger partial charge in [-0.2, -0.15) is 0 Å². The third kappa shape index (κ3) is 3.75. The van der Waals surface area contributed by atoms with E-state index in [1.165, 1.54) is 11.8 Å². The SMILES string of the molecule is CCN1C(=O)C(=Cc2ccc(OC)c(OC)c2)SC1=Nc1ccccc1. The molecule has 2 aromatic carbocycles. The highest BCUT2D eigenvalue weighted by Gasteiger charge is 2.32. The monoisotopic (exact) mass is 368 g/mol. The fourth-order valence-corrected chi connectivity index (χ4v) is 3.64. The average molecular weight is 368 g/mol. The van der Waals surface area contributed by atoms with E-state index in [2.05, 4.69) is 4.99 Å². The number of hydrogen-bond donors (Lipinski definition) is 0. The molecule has 0 unspecified atom stereocenters. The van der Waals surface area contributed by atoms with E-state index >= 15 is 0 Å². The van der Waals surface area contributed by atoms with Crippen molar-refractivity contribution in [3.63, 3.8) is 0 Å². The quantitative estimate of drug-likeness (QED) is 0.737. The van der Waals surface area contributed by atoms with Gasteiger partial charge in [0.25, 0.3) is 5.91 Å². The molecule has 0 saturated carbocycles. The van der Waals surface area contributed by atoms with Crippen LogP contribution in [0, 0.1) is 0 Å². The van der Waals surface area contributed by atoms with Gasteiger partial charge in [-0.1, -0.05) is 24.3 Å². The van der Waals surface area contributed by atoms with Crippen molar-refractivity contribution in [2.24, 2.45) is 4.99 Å². The molecular formula is C20H20N2O3S. The molecule has 1 saturated heterocycles. The highest BCUT2D eigenvalue weighted by molar-refractivity contribution is 8.18. The van der Waals surface area contributed by atoms with Gasteiger partial charge in [0, 0.05) is 6.54 Å². The molecule has 3 rings (SSSR count). The lowest BCUT2D eigenvalue weighted by Crippen LogP contribution is -2.28. The van der Waals surface area contributed by atoms with Gasteiger partial charge in [0.15, 0.2) is 16.7 Å². The van der Waals surface area contributed by atoms with Crippen LogP contribution < -0.4 is 9.47 Å². The van der Waals surface area contributed by atoms with E-state index in [0.717, 1.165) is 11.3 Å². The van der Waals surface area contributed by atoms with Gasteiger partial charge in [0.1, 0.15) is 0 Å². The minimum Gasteiger partial charge on any atom is -0.493 e. The van der Waals surface area contributed by atoms with Crippen LogP contribution in [-0.4, -0.2) is 36.7 Å². The average Bonchev–Trinajstić information content (AvgIpc) is 2.96. The van der Waals surface area contributed by atoms with Crippen LogP contribution in [0.3, 0.4) is 0 Å². The number of rotatable bonds is 5. The Hall–Kier alpha value is -2.73. The van der Waals surface area contributed by atoms with Crippen LogP contribution in [0.15, 0.2) is 58.4 Å². The number of ether oxygens (including phenoxy) is 2. The lowest BCUT2D eigenvalue weighted by molar-refractivity contribution is -0.122. The van der Waals surface area contributed by atoms with Crippen molar-refractivity contribution >= 4 is 34.6 Å². The van der Waals surface area contributed by atoms with Gasteiger partial charge >= 0.3 is 0 Å². The van der Waals surface area contributed by atoms with Crippen molar-refractivity contribution < 1.29 is 14.3 Å². The maximum Gasteiger partial charge on any atom is 0.266 e. The number of carbonyl (C=O) groups excluding carboxylic acids is 1. The summed E-state index contributed by atoms with van der Waals surface area (Å²) in [6.45, 7) is 2.51. The van der Waals surface area contributed by atoms with E-state index in [0.29, 0.717) is 28.1 Å². The molecule has 26 heavy (non-hydrogen) atoms. The Labute approximate surface area is 157 Å². The zero-order chi connectivity index (χ0) is 18.5. The molecule has 0 atom stereocenters. The van der Waals surface area contributed by atoms with Crippen LogP contribution >= 0.6 is 11.8 Å². The molecular weight excluding hydrogens is 348 g/mol.